The zero-order valence-electron chi connectivity index (χ0n) is 21.6. The Balaban J connectivity index is 1.35. The molecule has 2 aromatic carbocycles. The van der Waals surface area contributed by atoms with E-state index < -0.39 is 11.6 Å². The third-order valence-corrected chi connectivity index (χ3v) is 8.26. The minimum atomic E-state index is -0.906. The maximum Gasteiger partial charge on any atom is 0.223 e. The fourth-order valence-electron chi connectivity index (χ4n) is 6.03. The van der Waals surface area contributed by atoms with Crippen molar-refractivity contribution in [3.8, 4) is 5.75 Å². The molecule has 2 aromatic rings. The lowest BCUT2D eigenvalue weighted by atomic mass is 9.83. The van der Waals surface area contributed by atoms with Crippen LogP contribution in [0.15, 0.2) is 42.5 Å². The highest BCUT2D eigenvalue weighted by molar-refractivity contribution is 6.31. The van der Waals surface area contributed by atoms with Crippen LogP contribution in [0, 0.1) is 0 Å². The largest absolute Gasteiger partial charge is 0.494 e. The van der Waals surface area contributed by atoms with Crippen molar-refractivity contribution >= 4 is 11.6 Å². The van der Waals surface area contributed by atoms with Gasteiger partial charge in [0.15, 0.2) is 0 Å². The third-order valence-electron chi connectivity index (χ3n) is 7.89. The molecule has 0 aromatic heterocycles. The molecule has 0 radical (unpaired) electrons. The second-order valence-electron chi connectivity index (χ2n) is 10.0. The van der Waals surface area contributed by atoms with Crippen molar-refractivity contribution in [3.63, 3.8) is 0 Å². The summed E-state index contributed by atoms with van der Waals surface area (Å²) in [6.45, 7) is 4.69. The summed E-state index contributed by atoms with van der Waals surface area (Å²) in [5, 5.41) is 0.747. The Labute approximate surface area is 219 Å². The van der Waals surface area contributed by atoms with Crippen LogP contribution in [0.5, 0.6) is 5.75 Å². The van der Waals surface area contributed by atoms with Gasteiger partial charge in [-0.1, -0.05) is 35.9 Å². The maximum absolute atomic E-state index is 6.74. The first-order chi connectivity index (χ1) is 17.4. The highest BCUT2D eigenvalue weighted by Gasteiger charge is 2.64. The Morgan fingerprint density at radius 3 is 2.33 bits per heavy atom. The van der Waals surface area contributed by atoms with Crippen LogP contribution >= 0.6 is 11.6 Å². The SMILES string of the molecule is CCOc1ccc(Cc2cc(C3CC4OC5(OC)CCCCC5(OC)OC4C(C)O3)ccc2Cl)cc1. The average molecular weight is 517 g/mol. The fraction of sp³-hybridized carbons (Fsp3) is 0.586. The van der Waals surface area contributed by atoms with E-state index in [4.69, 9.17) is 40.0 Å². The second kappa shape index (κ2) is 10.6. The molecule has 0 N–H and O–H groups in total. The molecule has 0 amide bonds. The molecule has 0 bridgehead atoms. The van der Waals surface area contributed by atoms with Crippen LogP contribution in [0.1, 0.15) is 68.7 Å². The summed E-state index contributed by atoms with van der Waals surface area (Å²) >= 11 is 6.61. The predicted octanol–water partition coefficient (Wildman–Crippen LogP) is 6.22. The summed E-state index contributed by atoms with van der Waals surface area (Å²) in [7, 11) is 3.37. The molecular formula is C29H37ClO6. The van der Waals surface area contributed by atoms with Crippen LogP contribution in [-0.4, -0.2) is 50.7 Å². The number of rotatable bonds is 7. The van der Waals surface area contributed by atoms with E-state index in [0.717, 1.165) is 54.0 Å². The molecule has 7 heteroatoms. The molecule has 196 valence electrons. The topological polar surface area (TPSA) is 55.4 Å². The molecule has 3 fully saturated rings. The smallest absolute Gasteiger partial charge is 0.223 e. The zero-order valence-corrected chi connectivity index (χ0v) is 22.4. The molecule has 5 rings (SSSR count). The summed E-state index contributed by atoms with van der Waals surface area (Å²) < 4.78 is 37.4. The van der Waals surface area contributed by atoms with Gasteiger partial charge in [0.2, 0.25) is 11.6 Å². The van der Waals surface area contributed by atoms with Crippen molar-refractivity contribution in [3.05, 3.63) is 64.2 Å². The summed E-state index contributed by atoms with van der Waals surface area (Å²) in [5.41, 5.74) is 3.33. The molecular weight excluding hydrogens is 480 g/mol. The number of halogens is 1. The molecule has 2 saturated heterocycles. The first-order valence-corrected chi connectivity index (χ1v) is 13.4. The van der Waals surface area contributed by atoms with Gasteiger partial charge in [-0.15, -0.1) is 0 Å². The van der Waals surface area contributed by atoms with E-state index in [9.17, 15) is 0 Å². The maximum atomic E-state index is 6.74. The molecule has 6 unspecified atom stereocenters. The monoisotopic (exact) mass is 516 g/mol. The van der Waals surface area contributed by atoms with E-state index in [1.165, 1.54) is 5.56 Å². The van der Waals surface area contributed by atoms with Crippen molar-refractivity contribution in [1.82, 2.24) is 0 Å². The van der Waals surface area contributed by atoms with Crippen LogP contribution in [0.2, 0.25) is 5.02 Å². The van der Waals surface area contributed by atoms with Crippen molar-refractivity contribution in [2.24, 2.45) is 0 Å². The van der Waals surface area contributed by atoms with E-state index in [0.29, 0.717) is 13.0 Å². The van der Waals surface area contributed by atoms with Crippen LogP contribution in [0.3, 0.4) is 0 Å². The quantitative estimate of drug-likeness (QED) is 0.435. The summed E-state index contributed by atoms with van der Waals surface area (Å²) in [6.07, 6.45) is 4.23. The second-order valence-corrected chi connectivity index (χ2v) is 10.4. The Morgan fingerprint density at radius 1 is 0.972 bits per heavy atom. The van der Waals surface area contributed by atoms with Gasteiger partial charge in [-0.05, 0) is 68.0 Å². The van der Waals surface area contributed by atoms with Crippen LogP contribution in [-0.2, 0) is 30.1 Å². The van der Waals surface area contributed by atoms with Crippen molar-refractivity contribution < 1.29 is 28.4 Å². The molecule has 2 aliphatic heterocycles. The number of ether oxygens (including phenoxy) is 6. The lowest BCUT2D eigenvalue weighted by molar-refractivity contribution is -0.482. The minimum absolute atomic E-state index is 0.131. The lowest BCUT2D eigenvalue weighted by Gasteiger charge is -2.59. The van der Waals surface area contributed by atoms with Crippen molar-refractivity contribution in [2.45, 2.75) is 88.4 Å². The van der Waals surface area contributed by atoms with Gasteiger partial charge in [-0.3, -0.25) is 0 Å². The van der Waals surface area contributed by atoms with Gasteiger partial charge < -0.3 is 28.4 Å². The third kappa shape index (κ3) is 4.68. The van der Waals surface area contributed by atoms with E-state index in [1.54, 1.807) is 14.2 Å². The minimum Gasteiger partial charge on any atom is -0.494 e. The first-order valence-electron chi connectivity index (χ1n) is 13.0. The fourth-order valence-corrected chi connectivity index (χ4v) is 6.22. The van der Waals surface area contributed by atoms with Gasteiger partial charge in [0.25, 0.3) is 0 Å². The van der Waals surface area contributed by atoms with E-state index in [2.05, 4.69) is 31.2 Å². The Hall–Kier alpha value is -1.67. The molecule has 6 nitrogen and oxygen atoms in total. The predicted molar refractivity (Wildman–Crippen MR) is 137 cm³/mol. The molecule has 36 heavy (non-hydrogen) atoms. The molecule has 1 saturated carbocycles. The zero-order chi connectivity index (χ0) is 25.3. The Kier molecular flexibility index (Phi) is 7.64. The van der Waals surface area contributed by atoms with Crippen LogP contribution in [0.25, 0.3) is 0 Å². The molecule has 0 spiro atoms. The lowest BCUT2D eigenvalue weighted by Crippen LogP contribution is -2.71. The molecule has 1 aliphatic carbocycles. The van der Waals surface area contributed by atoms with E-state index >= 15 is 0 Å². The van der Waals surface area contributed by atoms with Gasteiger partial charge in [-0.25, -0.2) is 0 Å². The van der Waals surface area contributed by atoms with Crippen molar-refractivity contribution in [2.75, 3.05) is 20.8 Å². The van der Waals surface area contributed by atoms with E-state index in [-0.39, 0.29) is 24.4 Å². The number of fused-ring (bicyclic) bond motifs is 2. The standard InChI is InChI=1S/C29H37ClO6/c1-5-33-23-11-8-20(9-12-23)16-22-17-21(10-13-24(22)30)25-18-26-27(19(2)34-25)36-29(32-4)15-7-6-14-28(29,31-3)35-26/h8-13,17,19,25-27H,5-7,14-16,18H2,1-4H3. The molecule has 6 atom stereocenters. The van der Waals surface area contributed by atoms with E-state index in [1.807, 2.05) is 25.1 Å². The Bertz CT molecular complexity index is 1040. The van der Waals surface area contributed by atoms with Crippen LogP contribution < -0.4 is 4.74 Å². The van der Waals surface area contributed by atoms with Gasteiger partial charge in [0.05, 0.1) is 24.9 Å². The molecule has 3 aliphatic rings. The van der Waals surface area contributed by atoms with Crippen molar-refractivity contribution in [1.29, 1.82) is 0 Å². The summed E-state index contributed by atoms with van der Waals surface area (Å²) in [6, 6.07) is 14.3. The Morgan fingerprint density at radius 2 is 1.67 bits per heavy atom. The number of hydrogen-bond acceptors (Lipinski definition) is 6. The first kappa shape index (κ1) is 26.0. The number of hydrogen-bond donors (Lipinski definition) is 0. The normalized spacial score (nSPS) is 34.0. The summed E-state index contributed by atoms with van der Waals surface area (Å²) in [5.74, 6) is -0.933. The van der Waals surface area contributed by atoms with Crippen LogP contribution in [0.4, 0.5) is 0 Å². The summed E-state index contributed by atoms with van der Waals surface area (Å²) in [4.78, 5) is 0. The number of benzene rings is 2. The van der Waals surface area contributed by atoms with Gasteiger partial charge in [0.1, 0.15) is 11.9 Å². The van der Waals surface area contributed by atoms with Gasteiger partial charge in [-0.2, -0.15) is 0 Å². The highest BCUT2D eigenvalue weighted by atomic mass is 35.5. The van der Waals surface area contributed by atoms with Gasteiger partial charge >= 0.3 is 0 Å². The number of methoxy groups -OCH3 is 2. The van der Waals surface area contributed by atoms with Gasteiger partial charge in [0, 0.05) is 38.5 Å². The molecule has 2 heterocycles. The highest BCUT2D eigenvalue weighted by Crippen LogP contribution is 2.52. The average Bonchev–Trinajstić information content (AvgIpc) is 2.90.